The molecular formula is C11H11NO. The second-order valence-corrected chi connectivity index (χ2v) is 2.69. The Morgan fingerprint density at radius 2 is 2.23 bits per heavy atom. The number of aryl methyl sites for hydroxylation is 1. The molecule has 0 amide bonds. The Labute approximate surface area is 78.1 Å². The minimum atomic E-state index is 0.870. The van der Waals surface area contributed by atoms with Crippen LogP contribution in [-0.2, 0) is 0 Å². The van der Waals surface area contributed by atoms with Gasteiger partial charge >= 0.3 is 0 Å². The maximum atomic E-state index is 8.34. The minimum Gasteiger partial charge on any atom is -0.496 e. The highest BCUT2D eigenvalue weighted by Crippen LogP contribution is 2.18. The lowest BCUT2D eigenvalue weighted by molar-refractivity contribution is 0.411. The highest BCUT2D eigenvalue weighted by atomic mass is 16.5. The molecule has 13 heavy (non-hydrogen) atoms. The summed E-state index contributed by atoms with van der Waals surface area (Å²) in [6.07, 6.45) is 3.23. The van der Waals surface area contributed by atoms with E-state index in [1.807, 2.05) is 31.2 Å². The van der Waals surface area contributed by atoms with Crippen LogP contribution in [0.3, 0.4) is 0 Å². The van der Waals surface area contributed by atoms with Crippen LogP contribution in [0.25, 0.3) is 6.08 Å². The van der Waals surface area contributed by atoms with Gasteiger partial charge in [0.15, 0.2) is 0 Å². The van der Waals surface area contributed by atoms with Gasteiger partial charge < -0.3 is 4.74 Å². The molecule has 1 rings (SSSR count). The van der Waals surface area contributed by atoms with Crippen LogP contribution in [0.2, 0.25) is 0 Å². The molecule has 2 heteroatoms. The highest BCUT2D eigenvalue weighted by molar-refractivity contribution is 5.54. The van der Waals surface area contributed by atoms with Gasteiger partial charge in [0.05, 0.1) is 13.2 Å². The first-order chi connectivity index (χ1) is 6.27. The van der Waals surface area contributed by atoms with Crippen molar-refractivity contribution in [2.45, 2.75) is 6.92 Å². The number of allylic oxidation sites excluding steroid dienone is 1. The van der Waals surface area contributed by atoms with Crippen molar-refractivity contribution in [2.75, 3.05) is 7.11 Å². The van der Waals surface area contributed by atoms with Crippen LogP contribution < -0.4 is 4.74 Å². The second-order valence-electron chi connectivity index (χ2n) is 2.69. The molecular weight excluding hydrogens is 162 g/mol. The molecule has 0 atom stereocenters. The average Bonchev–Trinajstić information content (AvgIpc) is 2.15. The van der Waals surface area contributed by atoms with E-state index in [0.717, 1.165) is 16.9 Å². The number of rotatable bonds is 2. The molecule has 2 nitrogen and oxygen atoms in total. The van der Waals surface area contributed by atoms with E-state index in [1.54, 1.807) is 13.2 Å². The van der Waals surface area contributed by atoms with E-state index < -0.39 is 0 Å². The molecule has 0 bridgehead atoms. The van der Waals surface area contributed by atoms with Crippen molar-refractivity contribution in [3.05, 3.63) is 35.4 Å². The van der Waals surface area contributed by atoms with E-state index in [2.05, 4.69) is 0 Å². The zero-order valence-corrected chi connectivity index (χ0v) is 7.74. The maximum absolute atomic E-state index is 8.34. The van der Waals surface area contributed by atoms with E-state index in [4.69, 9.17) is 10.00 Å². The summed E-state index contributed by atoms with van der Waals surface area (Å²) in [5, 5.41) is 8.34. The number of hydrogen-bond donors (Lipinski definition) is 0. The van der Waals surface area contributed by atoms with Gasteiger partial charge in [-0.15, -0.1) is 0 Å². The Balaban J connectivity index is 2.97. The van der Waals surface area contributed by atoms with Crippen LogP contribution in [-0.4, -0.2) is 7.11 Å². The first kappa shape index (κ1) is 9.34. The molecule has 0 aliphatic rings. The molecule has 1 aromatic rings. The molecule has 0 unspecified atom stereocenters. The molecule has 0 aliphatic heterocycles. The summed E-state index contributed by atoms with van der Waals surface area (Å²) in [5.74, 6) is 0.870. The fourth-order valence-corrected chi connectivity index (χ4v) is 1.14. The van der Waals surface area contributed by atoms with Crippen LogP contribution in [0, 0.1) is 18.3 Å². The summed E-state index contributed by atoms with van der Waals surface area (Å²) < 4.78 is 5.12. The Morgan fingerprint density at radius 3 is 2.77 bits per heavy atom. The standard InChI is InChI=1S/C11H11NO/c1-9-8-10(4-3-7-12)5-6-11(9)13-2/h3-6,8H,1-2H3. The third kappa shape index (κ3) is 2.34. The zero-order chi connectivity index (χ0) is 9.68. The molecule has 0 fully saturated rings. The van der Waals surface area contributed by atoms with Crippen LogP contribution in [0.4, 0.5) is 0 Å². The van der Waals surface area contributed by atoms with E-state index in [0.29, 0.717) is 0 Å². The molecule has 66 valence electrons. The molecule has 0 N–H and O–H groups in total. The van der Waals surface area contributed by atoms with Crippen LogP contribution in [0.15, 0.2) is 24.3 Å². The van der Waals surface area contributed by atoms with Crippen LogP contribution in [0.5, 0.6) is 5.75 Å². The quantitative estimate of drug-likeness (QED) is 0.644. The Hall–Kier alpha value is -1.75. The van der Waals surface area contributed by atoms with Crippen LogP contribution in [0.1, 0.15) is 11.1 Å². The lowest BCUT2D eigenvalue weighted by atomic mass is 10.1. The Bertz CT molecular complexity index is 361. The normalized spacial score (nSPS) is 9.92. The van der Waals surface area contributed by atoms with Gasteiger partial charge in [-0.3, -0.25) is 0 Å². The topological polar surface area (TPSA) is 33.0 Å². The van der Waals surface area contributed by atoms with Gasteiger partial charge in [-0.25, -0.2) is 0 Å². The number of benzene rings is 1. The summed E-state index contributed by atoms with van der Waals surface area (Å²) in [6, 6.07) is 7.74. The molecule has 0 radical (unpaired) electrons. The second kappa shape index (κ2) is 4.32. The molecule has 0 saturated carbocycles. The van der Waals surface area contributed by atoms with Gasteiger partial charge in [0.2, 0.25) is 0 Å². The van der Waals surface area contributed by atoms with E-state index >= 15 is 0 Å². The first-order valence-corrected chi connectivity index (χ1v) is 3.98. The third-order valence-electron chi connectivity index (χ3n) is 1.77. The summed E-state index contributed by atoms with van der Waals surface area (Å²) in [6.45, 7) is 1.97. The summed E-state index contributed by atoms with van der Waals surface area (Å²) in [7, 11) is 1.65. The predicted octanol–water partition coefficient (Wildman–Crippen LogP) is 2.54. The fourth-order valence-electron chi connectivity index (χ4n) is 1.14. The largest absolute Gasteiger partial charge is 0.496 e. The number of methoxy groups -OCH3 is 1. The van der Waals surface area contributed by atoms with Gasteiger partial charge in [-0.2, -0.15) is 5.26 Å². The molecule has 0 spiro atoms. The van der Waals surface area contributed by atoms with Crippen molar-refractivity contribution in [3.8, 4) is 11.8 Å². The minimum absolute atomic E-state index is 0.870. The SMILES string of the molecule is COc1ccc(C=CC#N)cc1C. The third-order valence-corrected chi connectivity index (χ3v) is 1.77. The predicted molar refractivity (Wildman–Crippen MR) is 52.4 cm³/mol. The average molecular weight is 173 g/mol. The molecule has 0 saturated heterocycles. The molecule has 1 aromatic carbocycles. The monoisotopic (exact) mass is 173 g/mol. The maximum Gasteiger partial charge on any atom is 0.121 e. The van der Waals surface area contributed by atoms with Gasteiger partial charge in [0, 0.05) is 6.08 Å². The number of ether oxygens (including phenoxy) is 1. The number of nitriles is 1. The van der Waals surface area contributed by atoms with Gasteiger partial charge in [-0.1, -0.05) is 6.07 Å². The van der Waals surface area contributed by atoms with Crippen LogP contribution >= 0.6 is 0 Å². The van der Waals surface area contributed by atoms with E-state index in [9.17, 15) is 0 Å². The fraction of sp³-hybridized carbons (Fsp3) is 0.182. The van der Waals surface area contributed by atoms with Crippen molar-refractivity contribution < 1.29 is 4.74 Å². The summed E-state index contributed by atoms with van der Waals surface area (Å²) >= 11 is 0. The first-order valence-electron chi connectivity index (χ1n) is 3.98. The van der Waals surface area contributed by atoms with E-state index in [-0.39, 0.29) is 0 Å². The lowest BCUT2D eigenvalue weighted by Gasteiger charge is -2.04. The van der Waals surface area contributed by atoms with E-state index in [1.165, 1.54) is 6.08 Å². The highest BCUT2D eigenvalue weighted by Gasteiger charge is 1.96. The van der Waals surface area contributed by atoms with Gasteiger partial charge in [0.1, 0.15) is 5.75 Å². The lowest BCUT2D eigenvalue weighted by Crippen LogP contribution is -1.86. The zero-order valence-electron chi connectivity index (χ0n) is 7.74. The van der Waals surface area contributed by atoms with Crippen molar-refractivity contribution >= 4 is 6.08 Å². The van der Waals surface area contributed by atoms with Crippen molar-refractivity contribution in [1.29, 1.82) is 5.26 Å². The van der Waals surface area contributed by atoms with Gasteiger partial charge in [-0.05, 0) is 36.3 Å². The van der Waals surface area contributed by atoms with Crippen molar-refractivity contribution in [1.82, 2.24) is 0 Å². The van der Waals surface area contributed by atoms with Crippen molar-refractivity contribution in [2.24, 2.45) is 0 Å². The molecule has 0 aliphatic carbocycles. The summed E-state index contributed by atoms with van der Waals surface area (Å²) in [4.78, 5) is 0. The Morgan fingerprint density at radius 1 is 1.46 bits per heavy atom. The number of hydrogen-bond acceptors (Lipinski definition) is 2. The van der Waals surface area contributed by atoms with Gasteiger partial charge in [0.25, 0.3) is 0 Å². The molecule has 0 heterocycles. The molecule has 0 aromatic heterocycles. The number of nitrogens with zero attached hydrogens (tertiary/aromatic N) is 1. The summed E-state index contributed by atoms with van der Waals surface area (Å²) in [5.41, 5.74) is 2.09. The Kier molecular flexibility index (Phi) is 3.10. The van der Waals surface area contributed by atoms with Crippen molar-refractivity contribution in [3.63, 3.8) is 0 Å². The smallest absolute Gasteiger partial charge is 0.121 e.